The Hall–Kier alpha value is -3.23. The number of benzene rings is 1. The predicted molar refractivity (Wildman–Crippen MR) is 121 cm³/mol. The zero-order valence-electron chi connectivity index (χ0n) is 17.6. The molecular weight excluding hydrogens is 428 g/mol. The summed E-state index contributed by atoms with van der Waals surface area (Å²) in [6.07, 6.45) is 7.11. The number of imidazole rings is 1. The van der Waals surface area contributed by atoms with Gasteiger partial charge in [0.15, 0.2) is 11.5 Å². The Labute approximate surface area is 190 Å². The smallest absolute Gasteiger partial charge is 0.278 e. The van der Waals surface area contributed by atoms with Gasteiger partial charge in [0.2, 0.25) is 0 Å². The van der Waals surface area contributed by atoms with Crippen molar-refractivity contribution in [2.45, 2.75) is 25.4 Å². The molecule has 0 unspecified atom stereocenters. The summed E-state index contributed by atoms with van der Waals surface area (Å²) in [5.74, 6) is 0.844. The molecule has 8 nitrogen and oxygen atoms in total. The molecule has 32 heavy (non-hydrogen) atoms. The molecule has 0 bridgehead atoms. The molecule has 1 fully saturated rings. The van der Waals surface area contributed by atoms with Crippen molar-refractivity contribution in [1.82, 2.24) is 29.5 Å². The van der Waals surface area contributed by atoms with Crippen molar-refractivity contribution < 1.29 is 9.32 Å². The number of nitrogens with zero attached hydrogens (tertiary/aromatic N) is 6. The maximum Gasteiger partial charge on any atom is 0.278 e. The quantitative estimate of drug-likeness (QED) is 0.505. The van der Waals surface area contributed by atoms with Gasteiger partial charge in [-0.1, -0.05) is 35.0 Å². The van der Waals surface area contributed by atoms with Gasteiger partial charge >= 0.3 is 0 Å². The summed E-state index contributed by atoms with van der Waals surface area (Å²) in [5.41, 5.74) is 2.69. The van der Waals surface area contributed by atoms with Crippen LogP contribution in [0.2, 0.25) is 5.02 Å². The van der Waals surface area contributed by atoms with Crippen LogP contribution in [0.4, 0.5) is 0 Å². The van der Waals surface area contributed by atoms with Gasteiger partial charge in [-0.2, -0.15) is 4.98 Å². The highest BCUT2D eigenvalue weighted by Gasteiger charge is 2.40. The zero-order chi connectivity index (χ0) is 22.2. The van der Waals surface area contributed by atoms with E-state index in [2.05, 4.69) is 33.2 Å². The van der Waals surface area contributed by atoms with Crippen LogP contribution in [0, 0.1) is 0 Å². The maximum absolute atomic E-state index is 13.3. The van der Waals surface area contributed by atoms with Gasteiger partial charge in [0.1, 0.15) is 6.33 Å². The van der Waals surface area contributed by atoms with Crippen LogP contribution in [0.1, 0.15) is 40.8 Å². The van der Waals surface area contributed by atoms with E-state index >= 15 is 0 Å². The summed E-state index contributed by atoms with van der Waals surface area (Å²) in [4.78, 5) is 26.5. The highest BCUT2D eigenvalue weighted by molar-refractivity contribution is 6.34. The van der Waals surface area contributed by atoms with E-state index in [4.69, 9.17) is 16.1 Å². The lowest BCUT2D eigenvalue weighted by Gasteiger charge is -2.22. The van der Waals surface area contributed by atoms with Crippen LogP contribution >= 0.6 is 11.6 Å². The fraction of sp³-hybridized carbons (Fsp3) is 0.304. The average molecular weight is 451 g/mol. The minimum Gasteiger partial charge on any atom is -0.332 e. The summed E-state index contributed by atoms with van der Waals surface area (Å²) in [5, 5.41) is 4.60. The minimum absolute atomic E-state index is 0.0570. The van der Waals surface area contributed by atoms with Crippen molar-refractivity contribution in [3.05, 3.63) is 71.9 Å². The van der Waals surface area contributed by atoms with E-state index in [0.717, 1.165) is 18.5 Å². The summed E-state index contributed by atoms with van der Waals surface area (Å²) in [6.45, 7) is 10.1. The summed E-state index contributed by atoms with van der Waals surface area (Å²) >= 11 is 6.45. The number of halogens is 1. The fourth-order valence-corrected chi connectivity index (χ4v) is 4.83. The number of hydrogen-bond acceptors (Lipinski definition) is 6. The molecule has 1 saturated heterocycles. The Bertz CT molecular complexity index is 1190. The van der Waals surface area contributed by atoms with Crippen molar-refractivity contribution in [2.24, 2.45) is 0 Å². The lowest BCUT2D eigenvalue weighted by Crippen LogP contribution is -2.29. The van der Waals surface area contributed by atoms with Crippen molar-refractivity contribution in [3.63, 3.8) is 0 Å². The van der Waals surface area contributed by atoms with Gasteiger partial charge in [-0.15, -0.1) is 13.2 Å². The molecule has 1 aromatic carbocycles. The van der Waals surface area contributed by atoms with E-state index in [1.165, 1.54) is 0 Å². The molecule has 3 aromatic rings. The molecule has 2 aliphatic heterocycles. The number of amides is 1. The third-order valence-corrected chi connectivity index (χ3v) is 6.22. The van der Waals surface area contributed by atoms with Gasteiger partial charge < -0.3 is 9.42 Å². The van der Waals surface area contributed by atoms with Crippen LogP contribution in [0.5, 0.6) is 0 Å². The van der Waals surface area contributed by atoms with Crippen LogP contribution < -0.4 is 0 Å². The summed E-state index contributed by atoms with van der Waals surface area (Å²) < 4.78 is 7.56. The molecule has 2 aromatic heterocycles. The summed E-state index contributed by atoms with van der Waals surface area (Å²) in [7, 11) is 0. The molecule has 0 N–H and O–H groups in total. The van der Waals surface area contributed by atoms with Crippen LogP contribution in [0.25, 0.3) is 17.3 Å². The fourth-order valence-electron chi connectivity index (χ4n) is 4.58. The van der Waals surface area contributed by atoms with Crippen LogP contribution in [0.15, 0.2) is 54.4 Å². The lowest BCUT2D eigenvalue weighted by atomic mass is 10.1. The molecule has 5 rings (SSSR count). The van der Waals surface area contributed by atoms with Crippen molar-refractivity contribution >= 4 is 17.5 Å². The topological polar surface area (TPSA) is 80.3 Å². The lowest BCUT2D eigenvalue weighted by molar-refractivity contribution is 0.0739. The highest BCUT2D eigenvalue weighted by Crippen LogP contribution is 2.43. The third-order valence-electron chi connectivity index (χ3n) is 5.91. The van der Waals surface area contributed by atoms with Gasteiger partial charge in [-0.3, -0.25) is 14.3 Å². The standard InChI is InChI=1S/C23H23ClN6O2/c1-3-10-28(11-4-2)13-18-26-22(32-27-18)20-21-17-9-6-12-29(17)23(31)19-15(24)7-5-8-16(19)30(21)14-25-20/h3-5,7-8,14,17H,1-2,6,9-13H2/t17-/m0/s1. The molecule has 1 atom stereocenters. The first kappa shape index (κ1) is 20.7. The number of fused-ring (bicyclic) bond motifs is 5. The molecule has 0 spiro atoms. The van der Waals surface area contributed by atoms with Crippen LogP contribution in [-0.4, -0.2) is 55.0 Å². The van der Waals surface area contributed by atoms with Gasteiger partial charge in [0.25, 0.3) is 11.8 Å². The van der Waals surface area contributed by atoms with E-state index < -0.39 is 0 Å². The van der Waals surface area contributed by atoms with Crippen molar-refractivity contribution in [1.29, 1.82) is 0 Å². The number of hydrogen-bond donors (Lipinski definition) is 0. The normalized spacial score (nSPS) is 17.1. The summed E-state index contributed by atoms with van der Waals surface area (Å²) in [6, 6.07) is 5.34. The Morgan fingerprint density at radius 3 is 2.88 bits per heavy atom. The minimum atomic E-state index is -0.128. The Morgan fingerprint density at radius 2 is 2.09 bits per heavy atom. The number of rotatable bonds is 7. The highest BCUT2D eigenvalue weighted by atomic mass is 35.5. The molecule has 0 saturated carbocycles. The maximum atomic E-state index is 13.3. The Kier molecular flexibility index (Phi) is 5.40. The SMILES string of the molecule is C=CCN(CC=C)Cc1noc(-c2ncn3c2[C@@H]2CCCN2C(=O)c2c(Cl)cccc2-3)n1. The second kappa shape index (κ2) is 8.37. The second-order valence-electron chi connectivity index (χ2n) is 7.93. The van der Waals surface area contributed by atoms with Crippen molar-refractivity contribution in [2.75, 3.05) is 19.6 Å². The molecule has 4 heterocycles. The monoisotopic (exact) mass is 450 g/mol. The predicted octanol–water partition coefficient (Wildman–Crippen LogP) is 4.04. The van der Waals surface area contributed by atoms with Crippen LogP contribution in [-0.2, 0) is 6.54 Å². The van der Waals surface area contributed by atoms with Gasteiger partial charge in [0, 0.05) is 19.6 Å². The molecule has 0 radical (unpaired) electrons. The first-order valence-corrected chi connectivity index (χ1v) is 10.9. The molecule has 0 aliphatic carbocycles. The van der Waals surface area contributed by atoms with E-state index in [9.17, 15) is 4.79 Å². The number of carbonyl (C=O) groups excluding carboxylic acids is 1. The Morgan fingerprint density at radius 1 is 1.28 bits per heavy atom. The number of carbonyl (C=O) groups is 1. The van der Waals surface area contributed by atoms with Crippen molar-refractivity contribution in [3.8, 4) is 17.3 Å². The van der Waals surface area contributed by atoms with Gasteiger partial charge in [-0.25, -0.2) is 4.98 Å². The molecule has 164 valence electrons. The average Bonchev–Trinajstić information content (AvgIpc) is 3.51. The first-order valence-electron chi connectivity index (χ1n) is 10.6. The molecule has 2 aliphatic rings. The van der Waals surface area contributed by atoms with E-state index in [1.54, 1.807) is 12.4 Å². The molecular formula is C23H23ClN6O2. The van der Waals surface area contributed by atoms with E-state index in [0.29, 0.717) is 59.9 Å². The van der Waals surface area contributed by atoms with Gasteiger partial charge in [0.05, 0.1) is 34.6 Å². The molecule has 1 amide bonds. The first-order chi connectivity index (χ1) is 15.6. The second-order valence-corrected chi connectivity index (χ2v) is 8.33. The van der Waals surface area contributed by atoms with E-state index in [-0.39, 0.29) is 11.9 Å². The Balaban J connectivity index is 1.57. The zero-order valence-corrected chi connectivity index (χ0v) is 18.3. The third kappa shape index (κ3) is 3.36. The number of aromatic nitrogens is 4. The largest absolute Gasteiger partial charge is 0.332 e. The van der Waals surface area contributed by atoms with E-state index in [1.807, 2.05) is 33.8 Å². The van der Waals surface area contributed by atoms with Gasteiger partial charge in [-0.05, 0) is 25.0 Å². The molecule has 9 heteroatoms. The van der Waals surface area contributed by atoms with Crippen LogP contribution in [0.3, 0.4) is 0 Å².